The van der Waals surface area contributed by atoms with Crippen LogP contribution in [-0.2, 0) is 20.0 Å². The standard InChI is InChI=1S/C14H18N4O4S2/c15-9-3-5-11-17-23(19,20)13-7-1-2-8-14(13)24(21,22)18-12-6-4-10-16/h1-2,7-8,17-18H,3-6,11-12H2. The van der Waals surface area contributed by atoms with Crippen LogP contribution in [0.4, 0.5) is 0 Å². The van der Waals surface area contributed by atoms with Crippen LogP contribution in [-0.4, -0.2) is 29.9 Å². The van der Waals surface area contributed by atoms with Crippen molar-refractivity contribution in [3.8, 4) is 12.1 Å². The summed E-state index contributed by atoms with van der Waals surface area (Å²) in [6.07, 6.45) is 1.06. The summed E-state index contributed by atoms with van der Waals surface area (Å²) in [5.41, 5.74) is 0. The Hall–Kier alpha value is -1.98. The van der Waals surface area contributed by atoms with Crippen LogP contribution in [0.15, 0.2) is 34.1 Å². The van der Waals surface area contributed by atoms with Gasteiger partial charge in [0.15, 0.2) is 0 Å². The lowest BCUT2D eigenvalue weighted by atomic mass is 10.3. The Balaban J connectivity index is 2.99. The van der Waals surface area contributed by atoms with Gasteiger partial charge in [0.2, 0.25) is 20.0 Å². The van der Waals surface area contributed by atoms with E-state index in [-0.39, 0.29) is 35.7 Å². The highest BCUT2D eigenvalue weighted by Gasteiger charge is 2.25. The van der Waals surface area contributed by atoms with Crippen molar-refractivity contribution in [3.05, 3.63) is 24.3 Å². The molecule has 0 fully saturated rings. The zero-order valence-corrected chi connectivity index (χ0v) is 14.5. The van der Waals surface area contributed by atoms with Gasteiger partial charge in [0.1, 0.15) is 9.79 Å². The van der Waals surface area contributed by atoms with Gasteiger partial charge in [-0.25, -0.2) is 26.3 Å². The van der Waals surface area contributed by atoms with Crippen LogP contribution < -0.4 is 9.44 Å². The summed E-state index contributed by atoms with van der Waals surface area (Å²) in [7, 11) is -8.04. The highest BCUT2D eigenvalue weighted by atomic mass is 32.2. The van der Waals surface area contributed by atoms with Crippen LogP contribution in [0, 0.1) is 22.7 Å². The Kier molecular flexibility index (Phi) is 7.82. The number of nitriles is 2. The molecule has 0 bridgehead atoms. The van der Waals surface area contributed by atoms with Gasteiger partial charge in [0.25, 0.3) is 0 Å². The van der Waals surface area contributed by atoms with Crippen molar-refractivity contribution in [3.63, 3.8) is 0 Å². The second-order valence-corrected chi connectivity index (χ2v) is 8.24. The van der Waals surface area contributed by atoms with Crippen molar-refractivity contribution in [2.75, 3.05) is 13.1 Å². The molecule has 24 heavy (non-hydrogen) atoms. The van der Waals surface area contributed by atoms with E-state index in [4.69, 9.17) is 10.5 Å². The molecule has 0 amide bonds. The maximum Gasteiger partial charge on any atom is 0.241 e. The fourth-order valence-corrected chi connectivity index (χ4v) is 4.77. The van der Waals surface area contributed by atoms with Gasteiger partial charge in [-0.1, -0.05) is 12.1 Å². The Labute approximate surface area is 142 Å². The van der Waals surface area contributed by atoms with Crippen LogP contribution in [0.2, 0.25) is 0 Å². The highest BCUT2D eigenvalue weighted by molar-refractivity contribution is 7.92. The molecule has 0 spiro atoms. The lowest BCUT2D eigenvalue weighted by Crippen LogP contribution is -2.30. The third-order valence-corrected chi connectivity index (χ3v) is 6.11. The molecule has 1 aromatic carbocycles. The molecule has 0 aliphatic carbocycles. The first-order chi connectivity index (χ1) is 11.3. The van der Waals surface area contributed by atoms with Gasteiger partial charge in [-0.05, 0) is 25.0 Å². The van der Waals surface area contributed by atoms with E-state index < -0.39 is 20.0 Å². The summed E-state index contributed by atoms with van der Waals surface area (Å²) in [6.45, 7) is 0.0831. The lowest BCUT2D eigenvalue weighted by molar-refractivity contribution is 0.565. The maximum absolute atomic E-state index is 12.3. The minimum atomic E-state index is -4.02. The summed E-state index contributed by atoms with van der Waals surface area (Å²) >= 11 is 0. The largest absolute Gasteiger partial charge is 0.241 e. The average Bonchev–Trinajstić information content (AvgIpc) is 2.56. The minimum absolute atomic E-state index is 0.0415. The molecular weight excluding hydrogens is 352 g/mol. The molecule has 0 heterocycles. The number of rotatable bonds is 10. The SMILES string of the molecule is N#CCCCNS(=O)(=O)c1ccccc1S(=O)(=O)NCCCC#N. The van der Waals surface area contributed by atoms with E-state index in [2.05, 4.69) is 9.44 Å². The summed E-state index contributed by atoms with van der Waals surface area (Å²) in [4.78, 5) is -0.704. The molecule has 0 radical (unpaired) electrons. The third kappa shape index (κ3) is 5.91. The van der Waals surface area contributed by atoms with Crippen molar-refractivity contribution in [1.29, 1.82) is 10.5 Å². The Morgan fingerprint density at radius 1 is 0.792 bits per heavy atom. The second-order valence-electron chi connectivity index (χ2n) is 4.77. The van der Waals surface area contributed by atoms with E-state index in [0.717, 1.165) is 0 Å². The normalized spacial score (nSPS) is 11.6. The summed E-state index contributed by atoms with van der Waals surface area (Å²) in [5, 5.41) is 16.9. The fraction of sp³-hybridized carbons (Fsp3) is 0.429. The van der Waals surface area contributed by atoms with Gasteiger partial charge in [-0.2, -0.15) is 10.5 Å². The topological polar surface area (TPSA) is 140 Å². The first kappa shape index (κ1) is 20.1. The molecule has 10 heteroatoms. The van der Waals surface area contributed by atoms with Crippen LogP contribution in [0.25, 0.3) is 0 Å². The lowest BCUT2D eigenvalue weighted by Gasteiger charge is -2.12. The van der Waals surface area contributed by atoms with Crippen molar-refractivity contribution in [1.82, 2.24) is 9.44 Å². The van der Waals surface area contributed by atoms with Gasteiger partial charge in [-0.15, -0.1) is 0 Å². The number of sulfonamides is 2. The van der Waals surface area contributed by atoms with E-state index in [9.17, 15) is 16.8 Å². The molecule has 0 aromatic heterocycles. The van der Waals surface area contributed by atoms with Crippen molar-refractivity contribution < 1.29 is 16.8 Å². The smallest absolute Gasteiger partial charge is 0.211 e. The van der Waals surface area contributed by atoms with E-state index in [1.807, 2.05) is 12.1 Å². The molecule has 0 saturated heterocycles. The third-order valence-electron chi connectivity index (χ3n) is 2.94. The Morgan fingerprint density at radius 2 is 1.17 bits per heavy atom. The highest BCUT2D eigenvalue weighted by Crippen LogP contribution is 2.20. The minimum Gasteiger partial charge on any atom is -0.211 e. The summed E-state index contributed by atoms with van der Waals surface area (Å²) in [6, 6.07) is 9.07. The van der Waals surface area contributed by atoms with Crippen LogP contribution in [0.3, 0.4) is 0 Å². The Morgan fingerprint density at radius 3 is 1.50 bits per heavy atom. The van der Waals surface area contributed by atoms with Gasteiger partial charge >= 0.3 is 0 Å². The molecule has 130 valence electrons. The molecule has 2 N–H and O–H groups in total. The predicted octanol–water partition coefficient (Wildman–Crippen LogP) is 0.851. The number of hydrogen-bond acceptors (Lipinski definition) is 6. The van der Waals surface area contributed by atoms with E-state index in [1.165, 1.54) is 24.3 Å². The van der Waals surface area contributed by atoms with Crippen LogP contribution in [0.1, 0.15) is 25.7 Å². The van der Waals surface area contributed by atoms with Gasteiger partial charge in [0, 0.05) is 25.9 Å². The monoisotopic (exact) mass is 370 g/mol. The van der Waals surface area contributed by atoms with Gasteiger partial charge in [-0.3, -0.25) is 0 Å². The number of benzene rings is 1. The second kappa shape index (κ2) is 9.35. The van der Waals surface area contributed by atoms with E-state index >= 15 is 0 Å². The summed E-state index contributed by atoms with van der Waals surface area (Å²) < 4.78 is 53.8. The maximum atomic E-state index is 12.3. The molecule has 0 aliphatic rings. The van der Waals surface area contributed by atoms with E-state index in [0.29, 0.717) is 12.8 Å². The molecule has 1 aromatic rings. The molecule has 8 nitrogen and oxygen atoms in total. The van der Waals surface area contributed by atoms with Crippen molar-refractivity contribution >= 4 is 20.0 Å². The molecule has 1 rings (SSSR count). The van der Waals surface area contributed by atoms with Crippen molar-refractivity contribution in [2.24, 2.45) is 0 Å². The number of hydrogen-bond donors (Lipinski definition) is 2. The zero-order chi connectivity index (χ0) is 18.1. The molecule has 0 unspecified atom stereocenters. The molecule has 0 aliphatic heterocycles. The molecular formula is C14H18N4O4S2. The number of nitrogens with zero attached hydrogens (tertiary/aromatic N) is 2. The van der Waals surface area contributed by atoms with Crippen LogP contribution in [0.5, 0.6) is 0 Å². The first-order valence-electron chi connectivity index (χ1n) is 7.17. The number of unbranched alkanes of at least 4 members (excludes halogenated alkanes) is 2. The molecule has 0 saturated carbocycles. The van der Waals surface area contributed by atoms with E-state index in [1.54, 1.807) is 0 Å². The van der Waals surface area contributed by atoms with Crippen LogP contribution >= 0.6 is 0 Å². The van der Waals surface area contributed by atoms with Gasteiger partial charge < -0.3 is 0 Å². The first-order valence-corrected chi connectivity index (χ1v) is 10.1. The molecule has 0 atom stereocenters. The van der Waals surface area contributed by atoms with Gasteiger partial charge in [0.05, 0.1) is 12.1 Å². The predicted molar refractivity (Wildman–Crippen MR) is 86.5 cm³/mol. The average molecular weight is 370 g/mol. The summed E-state index contributed by atoms with van der Waals surface area (Å²) in [5.74, 6) is 0. The quantitative estimate of drug-likeness (QED) is 0.585. The van der Waals surface area contributed by atoms with Crippen molar-refractivity contribution in [2.45, 2.75) is 35.5 Å². The Bertz CT molecular complexity index is 765. The fourth-order valence-electron chi connectivity index (χ4n) is 1.80. The zero-order valence-electron chi connectivity index (χ0n) is 12.9. The number of nitrogens with one attached hydrogen (secondary N) is 2.